The van der Waals surface area contributed by atoms with Crippen LogP contribution in [-0.4, -0.2) is 40.3 Å². The second-order valence-electron chi connectivity index (χ2n) is 3.36. The number of unbranched alkanes of at least 4 members (excludes halogenated alkanes) is 1. The molecule has 0 saturated heterocycles. The summed E-state index contributed by atoms with van der Waals surface area (Å²) < 4.78 is 0.745. The van der Waals surface area contributed by atoms with Crippen molar-refractivity contribution in [2.24, 2.45) is 0 Å². The third kappa shape index (κ3) is 4.36. The van der Waals surface area contributed by atoms with Crippen molar-refractivity contribution in [3.63, 3.8) is 0 Å². The van der Waals surface area contributed by atoms with Crippen LogP contribution in [0.5, 0.6) is 0 Å². The number of carbonyl (C=O) groups excluding carboxylic acids is 1. The maximum Gasteiger partial charge on any atom is 0.232 e. The average Bonchev–Trinajstić information content (AvgIpc) is 2.68. The highest BCUT2D eigenvalue weighted by Crippen LogP contribution is 2.23. The molecule has 0 unspecified atom stereocenters. The van der Waals surface area contributed by atoms with Crippen molar-refractivity contribution >= 4 is 34.1 Å². The molecule has 0 aliphatic rings. The zero-order valence-corrected chi connectivity index (χ0v) is 11.1. The number of hydrogen-bond acceptors (Lipinski definition) is 6. The first-order chi connectivity index (χ1) is 7.63. The van der Waals surface area contributed by atoms with Crippen LogP contribution in [0.15, 0.2) is 4.34 Å². The molecule has 0 bridgehead atoms. The van der Waals surface area contributed by atoms with Gasteiger partial charge in [0.2, 0.25) is 11.0 Å². The Morgan fingerprint density at radius 3 is 2.88 bits per heavy atom. The second-order valence-corrected chi connectivity index (χ2v) is 5.60. The Balaban J connectivity index is 2.29. The fourth-order valence-corrected chi connectivity index (χ4v) is 2.61. The number of nitrogen functional groups attached to an aromatic ring is 1. The molecule has 2 N–H and O–H groups in total. The molecule has 0 atom stereocenters. The molecule has 90 valence electrons. The minimum absolute atomic E-state index is 0.118. The molecular weight excluding hydrogens is 244 g/mol. The first kappa shape index (κ1) is 13.2. The smallest absolute Gasteiger partial charge is 0.232 e. The van der Waals surface area contributed by atoms with Crippen molar-refractivity contribution in [2.45, 2.75) is 24.1 Å². The molecule has 5 nitrogen and oxygen atoms in total. The van der Waals surface area contributed by atoms with Crippen molar-refractivity contribution < 1.29 is 4.79 Å². The van der Waals surface area contributed by atoms with E-state index in [1.54, 1.807) is 4.90 Å². The fourth-order valence-electron chi connectivity index (χ4n) is 1.03. The highest BCUT2D eigenvalue weighted by atomic mass is 32.2. The van der Waals surface area contributed by atoms with E-state index in [1.165, 1.54) is 23.1 Å². The summed E-state index contributed by atoms with van der Waals surface area (Å²) in [4.78, 5) is 13.4. The summed E-state index contributed by atoms with van der Waals surface area (Å²) in [6.45, 7) is 2.92. The summed E-state index contributed by atoms with van der Waals surface area (Å²) in [6, 6.07) is 0. The van der Waals surface area contributed by atoms with Crippen LogP contribution in [0.2, 0.25) is 0 Å². The van der Waals surface area contributed by atoms with E-state index in [0.717, 1.165) is 23.7 Å². The molecular formula is C9H16N4OS2. The van der Waals surface area contributed by atoms with Gasteiger partial charge in [-0.2, -0.15) is 0 Å². The lowest BCUT2D eigenvalue weighted by Gasteiger charge is -2.15. The molecule has 1 aromatic rings. The SMILES string of the molecule is CCCCN(C)C(=O)CSc1nnc(N)s1. The number of anilines is 1. The molecule has 0 saturated carbocycles. The van der Waals surface area contributed by atoms with Crippen molar-refractivity contribution in [1.29, 1.82) is 0 Å². The topological polar surface area (TPSA) is 72.1 Å². The quantitative estimate of drug-likeness (QED) is 0.784. The van der Waals surface area contributed by atoms with Crippen LogP contribution in [0.25, 0.3) is 0 Å². The van der Waals surface area contributed by atoms with E-state index in [-0.39, 0.29) is 5.91 Å². The predicted octanol–water partition coefficient (Wildman–Crippen LogP) is 1.47. The van der Waals surface area contributed by atoms with Crippen LogP contribution in [0.3, 0.4) is 0 Å². The molecule has 7 heteroatoms. The lowest BCUT2D eigenvalue weighted by atomic mass is 10.3. The summed E-state index contributed by atoms with van der Waals surface area (Å²) in [7, 11) is 1.83. The molecule has 0 aliphatic heterocycles. The fraction of sp³-hybridized carbons (Fsp3) is 0.667. The average molecular weight is 260 g/mol. The lowest BCUT2D eigenvalue weighted by Crippen LogP contribution is -2.29. The van der Waals surface area contributed by atoms with E-state index in [9.17, 15) is 4.79 Å². The van der Waals surface area contributed by atoms with Crippen molar-refractivity contribution in [1.82, 2.24) is 15.1 Å². The second kappa shape index (κ2) is 6.70. The minimum atomic E-state index is 0.118. The largest absolute Gasteiger partial charge is 0.374 e. The lowest BCUT2D eigenvalue weighted by molar-refractivity contribution is -0.127. The Bertz CT molecular complexity index is 342. The van der Waals surface area contributed by atoms with Crippen LogP contribution in [0.1, 0.15) is 19.8 Å². The molecule has 1 aromatic heterocycles. The summed E-state index contributed by atoms with van der Waals surface area (Å²) >= 11 is 2.69. The number of aromatic nitrogens is 2. The van der Waals surface area contributed by atoms with Crippen LogP contribution >= 0.6 is 23.1 Å². The van der Waals surface area contributed by atoms with Gasteiger partial charge in [0, 0.05) is 13.6 Å². The monoisotopic (exact) mass is 260 g/mol. The zero-order chi connectivity index (χ0) is 12.0. The van der Waals surface area contributed by atoms with Crippen molar-refractivity contribution in [3.8, 4) is 0 Å². The van der Waals surface area contributed by atoms with Gasteiger partial charge in [-0.3, -0.25) is 4.79 Å². The number of nitrogens with zero attached hydrogens (tertiary/aromatic N) is 3. The van der Waals surface area contributed by atoms with E-state index >= 15 is 0 Å². The number of rotatable bonds is 6. The number of nitrogens with two attached hydrogens (primary N) is 1. The first-order valence-electron chi connectivity index (χ1n) is 5.09. The highest BCUT2D eigenvalue weighted by Gasteiger charge is 2.10. The molecule has 0 aromatic carbocycles. The first-order valence-corrected chi connectivity index (χ1v) is 6.89. The molecule has 0 aliphatic carbocycles. The van der Waals surface area contributed by atoms with Gasteiger partial charge in [-0.15, -0.1) is 10.2 Å². The van der Waals surface area contributed by atoms with Gasteiger partial charge in [-0.1, -0.05) is 36.4 Å². The van der Waals surface area contributed by atoms with Gasteiger partial charge in [0.15, 0.2) is 4.34 Å². The highest BCUT2D eigenvalue weighted by molar-refractivity contribution is 8.01. The predicted molar refractivity (Wildman–Crippen MR) is 67.6 cm³/mol. The third-order valence-corrected chi connectivity index (χ3v) is 3.88. The Labute approximate surface area is 103 Å². The van der Waals surface area contributed by atoms with Crippen LogP contribution in [0.4, 0.5) is 5.13 Å². The Morgan fingerprint density at radius 2 is 2.31 bits per heavy atom. The normalized spacial score (nSPS) is 10.4. The summed E-state index contributed by atoms with van der Waals surface area (Å²) in [5, 5.41) is 7.97. The Morgan fingerprint density at radius 1 is 1.56 bits per heavy atom. The van der Waals surface area contributed by atoms with Gasteiger partial charge in [0.25, 0.3) is 0 Å². The van der Waals surface area contributed by atoms with Crippen molar-refractivity contribution in [3.05, 3.63) is 0 Å². The summed E-state index contributed by atoms with van der Waals surface area (Å²) in [5.74, 6) is 0.515. The summed E-state index contributed by atoms with van der Waals surface area (Å²) in [6.07, 6.45) is 2.14. The van der Waals surface area contributed by atoms with Crippen molar-refractivity contribution in [2.75, 3.05) is 25.1 Å². The maximum absolute atomic E-state index is 11.7. The minimum Gasteiger partial charge on any atom is -0.374 e. The van der Waals surface area contributed by atoms with Crippen LogP contribution in [-0.2, 0) is 4.79 Å². The molecule has 1 amide bonds. The summed E-state index contributed by atoms with van der Waals surface area (Å²) in [5.41, 5.74) is 5.45. The van der Waals surface area contributed by atoms with Gasteiger partial charge in [0.1, 0.15) is 0 Å². The third-order valence-electron chi connectivity index (χ3n) is 2.01. The van der Waals surface area contributed by atoms with Gasteiger partial charge < -0.3 is 10.6 Å². The maximum atomic E-state index is 11.7. The number of thioether (sulfide) groups is 1. The van der Waals surface area contributed by atoms with Gasteiger partial charge in [-0.25, -0.2) is 0 Å². The number of amides is 1. The van der Waals surface area contributed by atoms with Gasteiger partial charge in [0.05, 0.1) is 5.75 Å². The van der Waals surface area contributed by atoms with Crippen LogP contribution < -0.4 is 5.73 Å². The molecule has 0 fully saturated rings. The molecule has 0 radical (unpaired) electrons. The van der Waals surface area contributed by atoms with Gasteiger partial charge in [-0.05, 0) is 6.42 Å². The molecule has 1 heterocycles. The Kier molecular flexibility index (Phi) is 5.54. The van der Waals surface area contributed by atoms with E-state index in [2.05, 4.69) is 17.1 Å². The van der Waals surface area contributed by atoms with E-state index in [4.69, 9.17) is 5.73 Å². The van der Waals surface area contributed by atoms with E-state index in [0.29, 0.717) is 10.9 Å². The van der Waals surface area contributed by atoms with E-state index in [1.807, 2.05) is 7.05 Å². The van der Waals surface area contributed by atoms with E-state index < -0.39 is 0 Å². The van der Waals surface area contributed by atoms with Gasteiger partial charge >= 0.3 is 0 Å². The number of carbonyl (C=O) groups is 1. The molecule has 0 spiro atoms. The standard InChI is InChI=1S/C9H16N4OS2/c1-3-4-5-13(2)7(14)6-15-9-12-11-8(10)16-9/h3-6H2,1-2H3,(H2,10,11). The Hall–Kier alpha value is -0.820. The number of hydrogen-bond donors (Lipinski definition) is 1. The molecule has 1 rings (SSSR count). The van der Waals surface area contributed by atoms with Crippen LogP contribution in [0, 0.1) is 0 Å². The zero-order valence-electron chi connectivity index (χ0n) is 9.47. The molecule has 16 heavy (non-hydrogen) atoms.